The molecule has 1 heterocycles. The van der Waals surface area contributed by atoms with Crippen LogP contribution >= 0.6 is 23.1 Å². The molecule has 4 nitrogen and oxygen atoms in total. The Balaban J connectivity index is 1.52. The van der Waals surface area contributed by atoms with Gasteiger partial charge in [-0.15, -0.1) is 23.1 Å². The molecule has 1 unspecified atom stereocenters. The quantitative estimate of drug-likeness (QED) is 0.551. The van der Waals surface area contributed by atoms with Crippen LogP contribution in [0, 0.1) is 6.92 Å². The first kappa shape index (κ1) is 19.6. The van der Waals surface area contributed by atoms with Gasteiger partial charge in [-0.1, -0.05) is 30.3 Å². The van der Waals surface area contributed by atoms with Gasteiger partial charge in [-0.2, -0.15) is 0 Å². The van der Waals surface area contributed by atoms with Crippen LogP contribution in [0.3, 0.4) is 0 Å². The van der Waals surface area contributed by atoms with Gasteiger partial charge in [0.15, 0.2) is 0 Å². The molecule has 2 aromatic carbocycles. The number of aryl methyl sites for hydroxylation is 1. The molecule has 1 amide bonds. The Kier molecular flexibility index (Phi) is 7.04. The highest BCUT2D eigenvalue weighted by molar-refractivity contribution is 7.98. The van der Waals surface area contributed by atoms with Gasteiger partial charge in [0.25, 0.3) is 5.91 Å². The standard InChI is InChI=1S/C21H22N2O2S2/c1-15-23-18(13-26-15)14-27-19-10-8-17(9-11-19)21(24)22-12-20(25-2)16-6-4-3-5-7-16/h3-11,13,20H,12,14H2,1-2H3,(H,22,24). The fraction of sp³-hybridized carbons (Fsp3) is 0.238. The Hall–Kier alpha value is -2.15. The smallest absolute Gasteiger partial charge is 0.251 e. The van der Waals surface area contributed by atoms with Crippen LogP contribution in [0.15, 0.2) is 64.9 Å². The molecule has 6 heteroatoms. The summed E-state index contributed by atoms with van der Waals surface area (Å²) in [5, 5.41) is 6.12. The lowest BCUT2D eigenvalue weighted by molar-refractivity contribution is 0.0828. The number of amides is 1. The van der Waals surface area contributed by atoms with Gasteiger partial charge in [-0.05, 0) is 36.8 Å². The summed E-state index contributed by atoms with van der Waals surface area (Å²) in [5.41, 5.74) is 2.78. The van der Waals surface area contributed by atoms with E-state index in [9.17, 15) is 4.79 Å². The Morgan fingerprint density at radius 1 is 1.19 bits per heavy atom. The van der Waals surface area contributed by atoms with Gasteiger partial charge < -0.3 is 10.1 Å². The maximum Gasteiger partial charge on any atom is 0.251 e. The van der Waals surface area contributed by atoms with Gasteiger partial charge in [0.1, 0.15) is 0 Å². The fourth-order valence-electron chi connectivity index (χ4n) is 2.63. The van der Waals surface area contributed by atoms with Gasteiger partial charge in [0.2, 0.25) is 0 Å². The van der Waals surface area contributed by atoms with Crippen molar-refractivity contribution in [2.45, 2.75) is 23.7 Å². The third-order valence-electron chi connectivity index (χ3n) is 4.07. The second-order valence-electron chi connectivity index (χ2n) is 6.02. The summed E-state index contributed by atoms with van der Waals surface area (Å²) in [4.78, 5) is 18.0. The highest BCUT2D eigenvalue weighted by Crippen LogP contribution is 2.24. The number of thiazole rings is 1. The van der Waals surface area contributed by atoms with Crippen molar-refractivity contribution in [3.05, 3.63) is 81.8 Å². The number of hydrogen-bond donors (Lipinski definition) is 1. The van der Waals surface area contributed by atoms with Crippen LogP contribution in [0.5, 0.6) is 0 Å². The van der Waals surface area contributed by atoms with Crippen LogP contribution < -0.4 is 5.32 Å². The zero-order valence-electron chi connectivity index (χ0n) is 15.3. The van der Waals surface area contributed by atoms with E-state index >= 15 is 0 Å². The van der Waals surface area contributed by atoms with Gasteiger partial charge in [0, 0.05) is 35.2 Å². The van der Waals surface area contributed by atoms with E-state index < -0.39 is 0 Å². The predicted molar refractivity (Wildman–Crippen MR) is 111 cm³/mol. The molecule has 1 N–H and O–H groups in total. The maximum absolute atomic E-state index is 12.4. The van der Waals surface area contributed by atoms with Crippen molar-refractivity contribution in [3.8, 4) is 0 Å². The second kappa shape index (κ2) is 9.69. The number of benzene rings is 2. The Bertz CT molecular complexity index is 863. The average molecular weight is 399 g/mol. The van der Waals surface area contributed by atoms with Crippen molar-refractivity contribution in [1.82, 2.24) is 10.3 Å². The average Bonchev–Trinajstić information content (AvgIpc) is 3.13. The second-order valence-corrected chi connectivity index (χ2v) is 8.13. The molecule has 0 saturated heterocycles. The lowest BCUT2D eigenvalue weighted by Crippen LogP contribution is -2.29. The minimum Gasteiger partial charge on any atom is -0.375 e. The van der Waals surface area contributed by atoms with E-state index in [1.165, 1.54) is 0 Å². The Morgan fingerprint density at radius 3 is 2.56 bits per heavy atom. The molecule has 140 valence electrons. The van der Waals surface area contributed by atoms with E-state index in [2.05, 4.69) is 15.7 Å². The molecular formula is C21H22N2O2S2. The summed E-state index contributed by atoms with van der Waals surface area (Å²) in [7, 11) is 1.65. The zero-order valence-corrected chi connectivity index (χ0v) is 17.0. The molecule has 3 aromatic rings. The molecule has 27 heavy (non-hydrogen) atoms. The first-order valence-electron chi connectivity index (χ1n) is 8.65. The molecule has 0 aliphatic rings. The molecule has 0 bridgehead atoms. The summed E-state index contributed by atoms with van der Waals surface area (Å²) in [5.74, 6) is 0.738. The number of ether oxygens (including phenoxy) is 1. The van der Waals surface area contributed by atoms with E-state index in [-0.39, 0.29) is 12.0 Å². The molecule has 0 fully saturated rings. The molecule has 0 radical (unpaired) electrons. The number of rotatable bonds is 8. The van der Waals surface area contributed by atoms with Crippen LogP contribution in [0.25, 0.3) is 0 Å². The Morgan fingerprint density at radius 2 is 1.93 bits per heavy atom. The molecule has 0 aliphatic carbocycles. The van der Waals surface area contributed by atoms with E-state index in [4.69, 9.17) is 4.74 Å². The molecule has 0 aliphatic heterocycles. The molecular weight excluding hydrogens is 376 g/mol. The van der Waals surface area contributed by atoms with Crippen LogP contribution in [-0.4, -0.2) is 24.5 Å². The highest BCUT2D eigenvalue weighted by atomic mass is 32.2. The van der Waals surface area contributed by atoms with Crippen molar-refractivity contribution in [2.24, 2.45) is 0 Å². The van der Waals surface area contributed by atoms with Gasteiger partial charge in [-0.3, -0.25) is 4.79 Å². The third kappa shape index (κ3) is 5.66. The maximum atomic E-state index is 12.4. The number of hydrogen-bond acceptors (Lipinski definition) is 5. The Labute approximate surface area is 168 Å². The van der Waals surface area contributed by atoms with E-state index in [0.717, 1.165) is 26.9 Å². The summed E-state index contributed by atoms with van der Waals surface area (Å²) in [6.45, 7) is 2.44. The number of methoxy groups -OCH3 is 1. The number of nitrogens with zero attached hydrogens (tertiary/aromatic N) is 1. The normalized spacial score (nSPS) is 11.9. The molecule has 3 rings (SSSR count). The number of thioether (sulfide) groups is 1. The van der Waals surface area contributed by atoms with Crippen LogP contribution in [-0.2, 0) is 10.5 Å². The van der Waals surface area contributed by atoms with E-state index in [1.807, 2.05) is 61.5 Å². The first-order valence-corrected chi connectivity index (χ1v) is 10.5. The number of aromatic nitrogens is 1. The van der Waals surface area contributed by atoms with E-state index in [0.29, 0.717) is 12.1 Å². The highest BCUT2D eigenvalue weighted by Gasteiger charge is 2.13. The van der Waals surface area contributed by atoms with Gasteiger partial charge in [0.05, 0.1) is 16.8 Å². The van der Waals surface area contributed by atoms with Gasteiger partial charge in [-0.25, -0.2) is 4.98 Å². The third-order valence-corrected chi connectivity index (χ3v) is 5.94. The SMILES string of the molecule is COC(CNC(=O)c1ccc(SCc2csc(C)n2)cc1)c1ccccc1. The summed E-state index contributed by atoms with van der Waals surface area (Å²) >= 11 is 3.39. The van der Waals surface area contributed by atoms with Crippen molar-refractivity contribution in [3.63, 3.8) is 0 Å². The van der Waals surface area contributed by atoms with Crippen LogP contribution in [0.4, 0.5) is 0 Å². The largest absolute Gasteiger partial charge is 0.375 e. The van der Waals surface area contributed by atoms with Crippen molar-refractivity contribution in [1.29, 1.82) is 0 Å². The summed E-state index contributed by atoms with van der Waals surface area (Å²) in [6, 6.07) is 17.5. The molecule has 1 atom stereocenters. The van der Waals surface area contributed by atoms with Crippen molar-refractivity contribution in [2.75, 3.05) is 13.7 Å². The minimum absolute atomic E-state index is 0.0975. The predicted octanol–water partition coefficient (Wildman–Crippen LogP) is 4.86. The zero-order chi connectivity index (χ0) is 19.1. The fourth-order valence-corrected chi connectivity index (χ4v) is 4.14. The summed E-state index contributed by atoms with van der Waals surface area (Å²) in [6.07, 6.45) is -0.161. The number of carbonyl (C=O) groups is 1. The van der Waals surface area contributed by atoms with E-state index in [1.54, 1.807) is 30.2 Å². The molecule has 0 spiro atoms. The molecule has 1 aromatic heterocycles. The van der Waals surface area contributed by atoms with Crippen LogP contribution in [0.2, 0.25) is 0 Å². The monoisotopic (exact) mass is 398 g/mol. The summed E-state index contributed by atoms with van der Waals surface area (Å²) < 4.78 is 5.49. The van der Waals surface area contributed by atoms with Gasteiger partial charge >= 0.3 is 0 Å². The van der Waals surface area contributed by atoms with Crippen molar-refractivity contribution >= 4 is 29.0 Å². The number of carbonyl (C=O) groups excluding carboxylic acids is 1. The van der Waals surface area contributed by atoms with Crippen molar-refractivity contribution < 1.29 is 9.53 Å². The lowest BCUT2D eigenvalue weighted by Gasteiger charge is -2.16. The minimum atomic E-state index is -0.161. The lowest BCUT2D eigenvalue weighted by atomic mass is 10.1. The molecule has 0 saturated carbocycles. The first-order chi connectivity index (χ1) is 13.2. The topological polar surface area (TPSA) is 51.2 Å². The van der Waals surface area contributed by atoms with Crippen LogP contribution in [0.1, 0.15) is 32.7 Å². The number of nitrogens with one attached hydrogen (secondary N) is 1.